The molecule has 1 fully saturated rings. The first-order chi connectivity index (χ1) is 18.7. The fourth-order valence-electron chi connectivity index (χ4n) is 3.17. The number of rotatable bonds is 7. The number of likely N-dealkylation sites (tertiary alicyclic amines) is 1. The third-order valence-electron chi connectivity index (χ3n) is 5.32. The number of allylic oxidation sites excluding steroid dienone is 3. The molecule has 0 saturated carbocycles. The minimum absolute atomic E-state index is 0.0412. The Balaban J connectivity index is 0.000000315. The number of benzene rings is 1. The van der Waals surface area contributed by atoms with Crippen molar-refractivity contribution >= 4 is 35.4 Å². The van der Waals surface area contributed by atoms with Crippen LogP contribution < -0.4 is 10.6 Å². The molecule has 1 unspecified atom stereocenters. The Bertz CT molecular complexity index is 1140. The van der Waals surface area contributed by atoms with Crippen molar-refractivity contribution in [3.8, 4) is 12.3 Å². The molecule has 1 aromatic carbocycles. The Morgan fingerprint density at radius 2 is 1.87 bits per heavy atom. The van der Waals surface area contributed by atoms with Crippen molar-refractivity contribution in [2.75, 3.05) is 25.5 Å². The van der Waals surface area contributed by atoms with E-state index in [2.05, 4.69) is 33.5 Å². The molecular formula is C30H37ClFN5O2. The summed E-state index contributed by atoms with van der Waals surface area (Å²) in [7, 11) is 2.19. The molecule has 1 aromatic heterocycles. The zero-order valence-electron chi connectivity index (χ0n) is 22.7. The quantitative estimate of drug-likeness (QED) is 0.221. The van der Waals surface area contributed by atoms with E-state index >= 15 is 0 Å². The monoisotopic (exact) mass is 553 g/mol. The maximum absolute atomic E-state index is 12.9. The molecule has 7 nitrogen and oxygen atoms in total. The highest BCUT2D eigenvalue weighted by Gasteiger charge is 2.07. The van der Waals surface area contributed by atoms with E-state index in [0.717, 1.165) is 5.56 Å². The number of hydrogen-bond donors (Lipinski definition) is 3. The molecule has 1 atom stereocenters. The van der Waals surface area contributed by atoms with Crippen LogP contribution in [0.1, 0.15) is 55.5 Å². The van der Waals surface area contributed by atoms with Gasteiger partial charge < -0.3 is 20.9 Å². The van der Waals surface area contributed by atoms with Gasteiger partial charge in [-0.15, -0.1) is 6.42 Å². The minimum atomic E-state index is -0.438. The zero-order valence-corrected chi connectivity index (χ0v) is 23.5. The maximum Gasteiger partial charge on any atom is 0.252 e. The highest BCUT2D eigenvalue weighted by atomic mass is 35.5. The highest BCUT2D eigenvalue weighted by molar-refractivity contribution is 6.30. The number of amides is 2. The summed E-state index contributed by atoms with van der Waals surface area (Å²) in [6.07, 6.45) is 16.1. The minimum Gasteiger partial charge on any atom is -0.339 e. The van der Waals surface area contributed by atoms with Crippen molar-refractivity contribution in [1.29, 1.82) is 5.41 Å². The Morgan fingerprint density at radius 3 is 2.36 bits per heavy atom. The van der Waals surface area contributed by atoms with Crippen LogP contribution in [-0.4, -0.2) is 54.1 Å². The molecule has 9 heteroatoms. The molecule has 0 spiro atoms. The SMILES string of the molecule is C#CC(C)NC(=O)c1ccc(C=N)cc1.C/C=C\C(F)=C/CC(=O)Nc1ccc(Cl)cn1.CN1CCCCC1. The fraction of sp³-hybridized carbons (Fsp3) is 0.333. The average Bonchev–Trinajstić information content (AvgIpc) is 2.94. The Labute approximate surface area is 236 Å². The topological polar surface area (TPSA) is 98.2 Å². The number of aromatic nitrogens is 1. The molecule has 2 amide bonds. The Hall–Kier alpha value is -3.80. The molecule has 208 valence electrons. The molecule has 0 bridgehead atoms. The molecule has 2 heterocycles. The molecular weight excluding hydrogens is 517 g/mol. The van der Waals surface area contributed by atoms with Crippen molar-refractivity contribution < 1.29 is 14.0 Å². The van der Waals surface area contributed by atoms with Gasteiger partial charge in [-0.25, -0.2) is 9.37 Å². The summed E-state index contributed by atoms with van der Waals surface area (Å²) in [4.78, 5) is 29.2. The van der Waals surface area contributed by atoms with Crippen molar-refractivity contribution in [2.45, 2.75) is 45.6 Å². The van der Waals surface area contributed by atoms with Crippen LogP contribution in [0.15, 0.2) is 66.6 Å². The number of nitrogens with one attached hydrogen (secondary N) is 3. The lowest BCUT2D eigenvalue weighted by Crippen LogP contribution is -2.31. The molecule has 1 aliphatic heterocycles. The van der Waals surface area contributed by atoms with Gasteiger partial charge in [0.1, 0.15) is 11.6 Å². The van der Waals surface area contributed by atoms with Crippen LogP contribution in [-0.2, 0) is 4.79 Å². The molecule has 39 heavy (non-hydrogen) atoms. The van der Waals surface area contributed by atoms with E-state index in [4.69, 9.17) is 23.4 Å². The number of halogens is 2. The number of pyridine rings is 1. The lowest BCUT2D eigenvalue weighted by atomic mass is 10.1. The van der Waals surface area contributed by atoms with E-state index in [-0.39, 0.29) is 24.3 Å². The van der Waals surface area contributed by atoms with E-state index in [1.807, 2.05) is 0 Å². The van der Waals surface area contributed by atoms with E-state index in [1.54, 1.807) is 56.3 Å². The van der Waals surface area contributed by atoms with Gasteiger partial charge in [-0.05, 0) is 88.8 Å². The summed E-state index contributed by atoms with van der Waals surface area (Å²) < 4.78 is 12.9. The lowest BCUT2D eigenvalue weighted by molar-refractivity contribution is -0.115. The summed E-state index contributed by atoms with van der Waals surface area (Å²) in [6, 6.07) is 9.66. The number of carbonyl (C=O) groups is 2. The summed E-state index contributed by atoms with van der Waals surface area (Å²) in [5.74, 6) is 1.84. The Kier molecular flexibility index (Phi) is 16.4. The summed E-state index contributed by atoms with van der Waals surface area (Å²) in [5.41, 5.74) is 1.30. The summed E-state index contributed by atoms with van der Waals surface area (Å²) in [6.45, 7) is 6.08. The highest BCUT2D eigenvalue weighted by Crippen LogP contribution is 2.10. The number of anilines is 1. The molecule has 3 N–H and O–H groups in total. The first kappa shape index (κ1) is 33.2. The molecule has 0 aliphatic carbocycles. The van der Waals surface area contributed by atoms with Crippen LogP contribution in [0.4, 0.5) is 10.2 Å². The van der Waals surface area contributed by atoms with Crippen LogP contribution in [0.2, 0.25) is 5.02 Å². The van der Waals surface area contributed by atoms with E-state index in [1.165, 1.54) is 56.9 Å². The van der Waals surface area contributed by atoms with Crippen LogP contribution in [0.25, 0.3) is 0 Å². The second-order valence-electron chi connectivity index (χ2n) is 8.70. The standard InChI is InChI=1S/C12H12ClFN2O.C12H12N2O.C6H13N/c1-2-3-10(14)5-7-12(17)16-11-6-4-9(13)8-15-11;1-3-9(2)14-12(15)11-6-4-10(8-13)5-7-11;1-7-5-3-2-4-6-7/h2-6,8H,7H2,1H3,(H,15,16,17);1,4-9,13H,2H3,(H,14,15);2-6H2,1H3/b3-2-,10-5+;;. The van der Waals surface area contributed by atoms with Crippen LogP contribution in [0.3, 0.4) is 0 Å². The number of hydrogen-bond acceptors (Lipinski definition) is 5. The van der Waals surface area contributed by atoms with Crippen LogP contribution in [0, 0.1) is 17.8 Å². The molecule has 2 aromatic rings. The van der Waals surface area contributed by atoms with Gasteiger partial charge >= 0.3 is 0 Å². The van der Waals surface area contributed by atoms with Gasteiger partial charge in [0.15, 0.2) is 0 Å². The predicted molar refractivity (Wildman–Crippen MR) is 158 cm³/mol. The van der Waals surface area contributed by atoms with Crippen LogP contribution >= 0.6 is 11.6 Å². The molecule has 3 rings (SSSR count). The second kappa shape index (κ2) is 19.3. The van der Waals surface area contributed by atoms with Gasteiger partial charge in [0.2, 0.25) is 5.91 Å². The summed E-state index contributed by atoms with van der Waals surface area (Å²) in [5, 5.41) is 12.7. The number of terminal acetylenes is 1. The second-order valence-corrected chi connectivity index (χ2v) is 9.13. The third kappa shape index (κ3) is 15.3. The van der Waals surface area contributed by atoms with Crippen molar-refractivity contribution in [1.82, 2.24) is 15.2 Å². The number of nitrogens with zero attached hydrogens (tertiary/aromatic N) is 2. The normalized spacial score (nSPS) is 14.0. The molecule has 0 radical (unpaired) electrons. The molecule has 1 aliphatic rings. The third-order valence-corrected chi connectivity index (χ3v) is 5.54. The zero-order chi connectivity index (χ0) is 29.0. The van der Waals surface area contributed by atoms with Crippen molar-refractivity contribution in [3.63, 3.8) is 0 Å². The van der Waals surface area contributed by atoms with Gasteiger partial charge in [0.25, 0.3) is 5.91 Å². The molecule has 1 saturated heterocycles. The Morgan fingerprint density at radius 1 is 1.21 bits per heavy atom. The van der Waals surface area contributed by atoms with E-state index in [0.29, 0.717) is 16.4 Å². The first-order valence-electron chi connectivity index (χ1n) is 12.6. The van der Waals surface area contributed by atoms with Crippen molar-refractivity contribution in [2.24, 2.45) is 0 Å². The number of piperidine rings is 1. The van der Waals surface area contributed by atoms with Gasteiger partial charge in [-0.3, -0.25) is 9.59 Å². The largest absolute Gasteiger partial charge is 0.339 e. The van der Waals surface area contributed by atoms with E-state index in [9.17, 15) is 14.0 Å². The van der Waals surface area contributed by atoms with Gasteiger partial charge in [0.05, 0.1) is 11.1 Å². The predicted octanol–water partition coefficient (Wildman–Crippen LogP) is 6.03. The van der Waals surface area contributed by atoms with Gasteiger partial charge in [0, 0.05) is 24.4 Å². The van der Waals surface area contributed by atoms with Gasteiger partial charge in [-0.2, -0.15) is 0 Å². The average molecular weight is 554 g/mol. The van der Waals surface area contributed by atoms with Crippen LogP contribution in [0.5, 0.6) is 0 Å². The van der Waals surface area contributed by atoms with Crippen molar-refractivity contribution in [3.05, 3.63) is 82.8 Å². The maximum atomic E-state index is 12.9. The summed E-state index contributed by atoms with van der Waals surface area (Å²) >= 11 is 5.64. The fourth-order valence-corrected chi connectivity index (χ4v) is 3.28. The smallest absolute Gasteiger partial charge is 0.252 e. The lowest BCUT2D eigenvalue weighted by Gasteiger charge is -2.20. The van der Waals surface area contributed by atoms with E-state index < -0.39 is 5.83 Å². The number of carbonyl (C=O) groups excluding carboxylic acids is 2. The first-order valence-corrected chi connectivity index (χ1v) is 13.0. The van der Waals surface area contributed by atoms with Gasteiger partial charge in [-0.1, -0.05) is 42.2 Å².